The first kappa shape index (κ1) is 14.3. The van der Waals surface area contributed by atoms with Crippen LogP contribution in [0.1, 0.15) is 60.4 Å². The van der Waals surface area contributed by atoms with Crippen molar-refractivity contribution in [2.75, 3.05) is 0 Å². The Labute approximate surface area is 126 Å². The van der Waals surface area contributed by atoms with Crippen molar-refractivity contribution in [1.29, 1.82) is 0 Å². The molecule has 1 saturated carbocycles. The Balaban J connectivity index is 1.70. The first-order valence-electron chi connectivity index (χ1n) is 7.86. The lowest BCUT2D eigenvalue weighted by Gasteiger charge is -2.13. The zero-order chi connectivity index (χ0) is 14.8. The van der Waals surface area contributed by atoms with Crippen LogP contribution in [0.5, 0.6) is 0 Å². The number of hydrogen-bond acceptors (Lipinski definition) is 3. The summed E-state index contributed by atoms with van der Waals surface area (Å²) >= 11 is 0. The normalized spacial score (nSPS) is 17.3. The summed E-state index contributed by atoms with van der Waals surface area (Å²) < 4.78 is 2.14. The molecule has 112 valence electrons. The largest absolute Gasteiger partial charge is 0.324 e. The van der Waals surface area contributed by atoms with Gasteiger partial charge < -0.3 is 5.73 Å². The molecule has 1 fully saturated rings. The van der Waals surface area contributed by atoms with E-state index in [1.54, 1.807) is 0 Å². The van der Waals surface area contributed by atoms with E-state index in [1.165, 1.54) is 25.7 Å². The van der Waals surface area contributed by atoms with E-state index in [2.05, 4.69) is 34.1 Å². The Morgan fingerprint density at radius 2 is 1.90 bits per heavy atom. The van der Waals surface area contributed by atoms with E-state index in [-0.39, 0.29) is 6.04 Å². The van der Waals surface area contributed by atoms with Crippen molar-refractivity contribution in [1.82, 2.24) is 14.8 Å². The van der Waals surface area contributed by atoms with Crippen molar-refractivity contribution in [2.24, 2.45) is 5.73 Å². The zero-order valence-electron chi connectivity index (χ0n) is 12.9. The minimum atomic E-state index is -0.0164. The number of hydrogen-bond donors (Lipinski definition) is 1. The lowest BCUT2D eigenvalue weighted by molar-refractivity contribution is 0.461. The van der Waals surface area contributed by atoms with Gasteiger partial charge in [0.05, 0.1) is 11.7 Å². The van der Waals surface area contributed by atoms with Gasteiger partial charge in [-0.3, -0.25) is 9.67 Å². The third-order valence-corrected chi connectivity index (χ3v) is 4.32. The van der Waals surface area contributed by atoms with Crippen LogP contribution in [0.4, 0.5) is 0 Å². The fourth-order valence-electron chi connectivity index (χ4n) is 3.28. The van der Waals surface area contributed by atoms with Gasteiger partial charge in [-0.15, -0.1) is 0 Å². The quantitative estimate of drug-likeness (QED) is 0.937. The Hall–Kier alpha value is -1.68. The number of nitrogens with two attached hydrogens (primary N) is 1. The van der Waals surface area contributed by atoms with Crippen molar-refractivity contribution in [3.05, 3.63) is 47.0 Å². The first-order chi connectivity index (χ1) is 10.1. The second kappa shape index (κ2) is 5.98. The fraction of sp³-hybridized carbons (Fsp3) is 0.529. The van der Waals surface area contributed by atoms with Crippen LogP contribution in [0.15, 0.2) is 24.4 Å². The maximum atomic E-state index is 6.35. The van der Waals surface area contributed by atoms with Crippen molar-refractivity contribution in [2.45, 2.75) is 58.0 Å². The molecule has 3 rings (SSSR count). The SMILES string of the molecule is Cc1cc(C(N)Cc2ccn(C3CCCC3)n2)cc(C)n1. The molecule has 2 aromatic rings. The van der Waals surface area contributed by atoms with Gasteiger partial charge in [0.2, 0.25) is 0 Å². The molecule has 4 nitrogen and oxygen atoms in total. The lowest BCUT2D eigenvalue weighted by atomic mass is 10.0. The minimum absolute atomic E-state index is 0.0164. The monoisotopic (exact) mass is 284 g/mol. The molecule has 1 aliphatic rings. The predicted octanol–water partition coefficient (Wildman–Crippen LogP) is 3.25. The number of pyridine rings is 1. The number of aromatic nitrogens is 3. The molecule has 1 aliphatic carbocycles. The second-order valence-corrected chi connectivity index (χ2v) is 6.22. The molecule has 0 spiro atoms. The maximum absolute atomic E-state index is 6.35. The van der Waals surface area contributed by atoms with Gasteiger partial charge >= 0.3 is 0 Å². The molecule has 0 aromatic carbocycles. The van der Waals surface area contributed by atoms with E-state index in [0.29, 0.717) is 6.04 Å². The minimum Gasteiger partial charge on any atom is -0.324 e. The van der Waals surface area contributed by atoms with E-state index in [9.17, 15) is 0 Å². The predicted molar refractivity (Wildman–Crippen MR) is 84.1 cm³/mol. The Morgan fingerprint density at radius 1 is 1.24 bits per heavy atom. The van der Waals surface area contributed by atoms with E-state index in [1.807, 2.05) is 13.8 Å². The molecule has 2 heterocycles. The highest BCUT2D eigenvalue weighted by molar-refractivity contribution is 5.24. The van der Waals surface area contributed by atoms with Crippen LogP contribution in [0.3, 0.4) is 0 Å². The van der Waals surface area contributed by atoms with Gasteiger partial charge in [0.1, 0.15) is 0 Å². The van der Waals surface area contributed by atoms with E-state index in [4.69, 9.17) is 10.8 Å². The van der Waals surface area contributed by atoms with Crippen LogP contribution in [0, 0.1) is 13.8 Å². The van der Waals surface area contributed by atoms with Crippen molar-refractivity contribution < 1.29 is 0 Å². The summed E-state index contributed by atoms with van der Waals surface area (Å²) in [6.45, 7) is 4.02. The van der Waals surface area contributed by atoms with Gasteiger partial charge in [-0.05, 0) is 50.5 Å². The highest BCUT2D eigenvalue weighted by atomic mass is 15.3. The van der Waals surface area contributed by atoms with Gasteiger partial charge in [0.15, 0.2) is 0 Å². The average Bonchev–Trinajstić information content (AvgIpc) is 3.07. The van der Waals surface area contributed by atoms with Crippen LogP contribution < -0.4 is 5.73 Å². The molecule has 0 aliphatic heterocycles. The van der Waals surface area contributed by atoms with E-state index >= 15 is 0 Å². The molecular formula is C17H24N4. The van der Waals surface area contributed by atoms with Crippen LogP contribution in [-0.4, -0.2) is 14.8 Å². The molecule has 1 unspecified atom stereocenters. The smallest absolute Gasteiger partial charge is 0.0643 e. The molecule has 2 aromatic heterocycles. The summed E-state index contributed by atoms with van der Waals surface area (Å²) in [4.78, 5) is 4.40. The number of aryl methyl sites for hydroxylation is 2. The first-order valence-corrected chi connectivity index (χ1v) is 7.86. The van der Waals surface area contributed by atoms with Crippen LogP contribution in [0.25, 0.3) is 0 Å². The zero-order valence-corrected chi connectivity index (χ0v) is 12.9. The van der Waals surface area contributed by atoms with Gasteiger partial charge in [0.25, 0.3) is 0 Å². The van der Waals surface area contributed by atoms with Crippen LogP contribution in [0.2, 0.25) is 0 Å². The van der Waals surface area contributed by atoms with Crippen molar-refractivity contribution >= 4 is 0 Å². The Bertz CT molecular complexity index is 591. The fourth-order valence-corrected chi connectivity index (χ4v) is 3.28. The molecule has 21 heavy (non-hydrogen) atoms. The molecule has 4 heteroatoms. The summed E-state index contributed by atoms with van der Waals surface area (Å²) in [6, 6.07) is 6.84. The van der Waals surface area contributed by atoms with E-state index < -0.39 is 0 Å². The third-order valence-electron chi connectivity index (χ3n) is 4.32. The molecule has 0 radical (unpaired) electrons. The standard InChI is InChI=1S/C17H24N4/c1-12-9-14(10-13(2)19-12)17(18)11-15-7-8-21(20-15)16-5-3-4-6-16/h7-10,16-17H,3-6,11,18H2,1-2H3. The highest BCUT2D eigenvalue weighted by Gasteiger charge is 2.18. The maximum Gasteiger partial charge on any atom is 0.0643 e. The summed E-state index contributed by atoms with van der Waals surface area (Å²) in [6.07, 6.45) is 8.07. The molecule has 0 saturated heterocycles. The second-order valence-electron chi connectivity index (χ2n) is 6.22. The summed E-state index contributed by atoms with van der Waals surface area (Å²) in [5.41, 5.74) is 10.6. The third kappa shape index (κ3) is 3.32. The molecule has 2 N–H and O–H groups in total. The van der Waals surface area contributed by atoms with Crippen LogP contribution >= 0.6 is 0 Å². The highest BCUT2D eigenvalue weighted by Crippen LogP contribution is 2.29. The van der Waals surface area contributed by atoms with Gasteiger partial charge in [0, 0.05) is 30.0 Å². The number of rotatable bonds is 4. The van der Waals surface area contributed by atoms with Gasteiger partial charge in [-0.1, -0.05) is 12.8 Å². The molecular weight excluding hydrogens is 260 g/mol. The van der Waals surface area contributed by atoms with Gasteiger partial charge in [-0.2, -0.15) is 5.10 Å². The van der Waals surface area contributed by atoms with Crippen molar-refractivity contribution in [3.8, 4) is 0 Å². The molecule has 0 bridgehead atoms. The average molecular weight is 284 g/mol. The topological polar surface area (TPSA) is 56.7 Å². The Kier molecular flexibility index (Phi) is 4.06. The molecule has 0 amide bonds. The summed E-state index contributed by atoms with van der Waals surface area (Å²) in [7, 11) is 0. The summed E-state index contributed by atoms with van der Waals surface area (Å²) in [5, 5.41) is 4.72. The Morgan fingerprint density at radius 3 is 2.57 bits per heavy atom. The van der Waals surface area contributed by atoms with E-state index in [0.717, 1.165) is 29.1 Å². The number of nitrogens with zero attached hydrogens (tertiary/aromatic N) is 3. The molecule has 1 atom stereocenters. The van der Waals surface area contributed by atoms with Gasteiger partial charge in [-0.25, -0.2) is 0 Å². The lowest BCUT2D eigenvalue weighted by Crippen LogP contribution is -2.15. The van der Waals surface area contributed by atoms with Crippen molar-refractivity contribution in [3.63, 3.8) is 0 Å². The summed E-state index contributed by atoms with van der Waals surface area (Å²) in [5.74, 6) is 0. The van der Waals surface area contributed by atoms with Crippen LogP contribution in [-0.2, 0) is 6.42 Å².